The zero-order valence-corrected chi connectivity index (χ0v) is 22.4. The summed E-state index contributed by atoms with van der Waals surface area (Å²) in [5.41, 5.74) is 1.24. The fourth-order valence-electron chi connectivity index (χ4n) is 4.99. The lowest BCUT2D eigenvalue weighted by molar-refractivity contribution is -0.137. The lowest BCUT2D eigenvalue weighted by Gasteiger charge is -2.41. The molecule has 0 bridgehead atoms. The highest BCUT2D eigenvalue weighted by atomic mass is 35.5. The smallest absolute Gasteiger partial charge is 0.416 e. The van der Waals surface area contributed by atoms with Crippen LogP contribution in [0.2, 0.25) is 5.02 Å². The number of halogens is 4. The van der Waals surface area contributed by atoms with Crippen molar-refractivity contribution in [1.29, 1.82) is 0 Å². The van der Waals surface area contributed by atoms with Gasteiger partial charge in [-0.3, -0.25) is 4.98 Å². The zero-order chi connectivity index (χ0) is 26.5. The van der Waals surface area contributed by atoms with Gasteiger partial charge in [0.15, 0.2) is 0 Å². The van der Waals surface area contributed by atoms with Crippen LogP contribution in [0.1, 0.15) is 36.8 Å². The number of aliphatic hydroxyl groups excluding tert-OH is 1. The van der Waals surface area contributed by atoms with E-state index in [0.717, 1.165) is 96.7 Å². The molecule has 9 heteroatoms. The lowest BCUT2D eigenvalue weighted by Crippen LogP contribution is -2.42. The number of nitrogens with zero attached hydrogens (tertiary/aromatic N) is 2. The molecule has 1 saturated heterocycles. The molecule has 2 heterocycles. The Morgan fingerprint density at radius 2 is 1.86 bits per heavy atom. The van der Waals surface area contributed by atoms with Crippen LogP contribution in [0.15, 0.2) is 53.6 Å². The minimum Gasteiger partial charge on any atom is -0.497 e. The summed E-state index contributed by atoms with van der Waals surface area (Å²) >= 11 is 8.09. The molecule has 0 atom stereocenters. The van der Waals surface area contributed by atoms with Gasteiger partial charge in [-0.15, -0.1) is 11.8 Å². The third-order valence-corrected chi connectivity index (χ3v) is 8.70. The highest BCUT2D eigenvalue weighted by molar-refractivity contribution is 7.99. The van der Waals surface area contributed by atoms with E-state index >= 15 is 0 Å². The largest absolute Gasteiger partial charge is 0.497 e. The first-order chi connectivity index (χ1) is 17.7. The molecule has 1 aliphatic rings. The summed E-state index contributed by atoms with van der Waals surface area (Å²) < 4.78 is 43.6. The number of alkyl halides is 3. The summed E-state index contributed by atoms with van der Waals surface area (Å²) in [6, 6.07) is 11.2. The van der Waals surface area contributed by atoms with Crippen molar-refractivity contribution in [2.75, 3.05) is 39.1 Å². The van der Waals surface area contributed by atoms with E-state index in [4.69, 9.17) is 16.3 Å². The maximum absolute atomic E-state index is 12.7. The number of ether oxygens (including phenoxy) is 1. The van der Waals surface area contributed by atoms with Gasteiger partial charge in [0, 0.05) is 35.4 Å². The minimum absolute atomic E-state index is 0.0932. The van der Waals surface area contributed by atoms with Crippen LogP contribution >= 0.6 is 23.4 Å². The van der Waals surface area contributed by atoms with Gasteiger partial charge in [0.05, 0.1) is 23.2 Å². The van der Waals surface area contributed by atoms with Crippen LogP contribution in [0, 0.1) is 5.41 Å². The molecule has 1 aliphatic heterocycles. The van der Waals surface area contributed by atoms with Crippen molar-refractivity contribution in [1.82, 2.24) is 9.88 Å². The van der Waals surface area contributed by atoms with Crippen LogP contribution < -0.4 is 4.74 Å². The first-order valence-corrected chi connectivity index (χ1v) is 13.8. The van der Waals surface area contributed by atoms with E-state index in [0.29, 0.717) is 5.02 Å². The number of methoxy groups -OCH3 is 1. The van der Waals surface area contributed by atoms with Crippen LogP contribution in [0.4, 0.5) is 13.2 Å². The van der Waals surface area contributed by atoms with E-state index in [-0.39, 0.29) is 12.0 Å². The van der Waals surface area contributed by atoms with Gasteiger partial charge in [0.1, 0.15) is 5.75 Å². The number of hydrogen-bond acceptors (Lipinski definition) is 5. The van der Waals surface area contributed by atoms with Gasteiger partial charge in [-0.2, -0.15) is 13.2 Å². The van der Waals surface area contributed by atoms with E-state index in [9.17, 15) is 18.3 Å². The number of piperidine rings is 1. The molecule has 0 saturated carbocycles. The standard InChI is InChI=1S/C28H32ClF3N2O2S/c1-36-21-6-9-26-24(17-21)23(25(29)18-33-26)3-2-10-27(19-35)11-13-34(14-12-27)15-16-37-22-7-4-20(5-8-22)28(30,31)32/h4-9,17-18,35H,2-3,10-16,19H2,1H3. The van der Waals surface area contributed by atoms with Crippen molar-refractivity contribution >= 4 is 34.3 Å². The molecule has 200 valence electrons. The molecule has 3 aromatic rings. The molecule has 4 nitrogen and oxygen atoms in total. The number of aryl methyl sites for hydroxylation is 1. The highest BCUT2D eigenvalue weighted by Crippen LogP contribution is 2.38. The van der Waals surface area contributed by atoms with E-state index in [1.165, 1.54) is 12.1 Å². The number of thioether (sulfide) groups is 1. The summed E-state index contributed by atoms with van der Waals surface area (Å²) in [6.45, 7) is 2.85. The number of hydrogen-bond donors (Lipinski definition) is 1. The molecule has 1 aromatic heterocycles. The quantitative estimate of drug-likeness (QED) is 0.272. The van der Waals surface area contributed by atoms with Crippen molar-refractivity contribution in [2.24, 2.45) is 5.41 Å². The molecule has 2 aromatic carbocycles. The van der Waals surface area contributed by atoms with Crippen molar-refractivity contribution in [3.05, 3.63) is 64.8 Å². The summed E-state index contributed by atoms with van der Waals surface area (Å²) in [5.74, 6) is 1.59. The average molecular weight is 553 g/mol. The molecule has 0 radical (unpaired) electrons. The summed E-state index contributed by atoms with van der Waals surface area (Å²) in [6.07, 6.45) is 1.89. The number of aromatic nitrogens is 1. The Hall–Kier alpha value is -2.00. The first-order valence-electron chi connectivity index (χ1n) is 12.5. The van der Waals surface area contributed by atoms with Gasteiger partial charge in [-0.25, -0.2) is 0 Å². The Bertz CT molecular complexity index is 1180. The Labute approximate surface area is 225 Å². The third kappa shape index (κ3) is 7.11. The maximum atomic E-state index is 12.7. The minimum atomic E-state index is -4.30. The Balaban J connectivity index is 1.26. The molecule has 0 spiro atoms. The normalized spacial score (nSPS) is 16.3. The van der Waals surface area contributed by atoms with E-state index in [2.05, 4.69) is 9.88 Å². The summed E-state index contributed by atoms with van der Waals surface area (Å²) in [5, 5.41) is 11.9. The Morgan fingerprint density at radius 3 is 2.51 bits per heavy atom. The zero-order valence-electron chi connectivity index (χ0n) is 20.9. The van der Waals surface area contributed by atoms with Crippen LogP contribution in [-0.4, -0.2) is 54.1 Å². The molecule has 0 aliphatic carbocycles. The topological polar surface area (TPSA) is 45.6 Å². The molecular weight excluding hydrogens is 521 g/mol. The number of aliphatic hydroxyl groups is 1. The second-order valence-corrected chi connectivity index (χ2v) is 11.3. The molecule has 1 fully saturated rings. The van der Waals surface area contributed by atoms with Crippen LogP contribution in [0.3, 0.4) is 0 Å². The second-order valence-electron chi connectivity index (χ2n) is 9.69. The Kier molecular flexibility index (Phi) is 9.27. The number of pyridine rings is 1. The van der Waals surface area contributed by atoms with Crippen molar-refractivity contribution < 1.29 is 23.0 Å². The van der Waals surface area contributed by atoms with Gasteiger partial charge in [-0.05, 0) is 98.6 Å². The first kappa shape index (κ1) is 28.0. The van der Waals surface area contributed by atoms with Crippen LogP contribution in [-0.2, 0) is 12.6 Å². The Morgan fingerprint density at radius 1 is 1.14 bits per heavy atom. The fourth-order valence-corrected chi connectivity index (χ4v) is 6.15. The predicted octanol–water partition coefficient (Wildman–Crippen LogP) is 7.11. The van der Waals surface area contributed by atoms with Gasteiger partial charge in [0.25, 0.3) is 0 Å². The van der Waals surface area contributed by atoms with Gasteiger partial charge in [-0.1, -0.05) is 11.6 Å². The van der Waals surface area contributed by atoms with Crippen molar-refractivity contribution in [3.8, 4) is 5.75 Å². The SMILES string of the molecule is COc1ccc2ncc(Cl)c(CCCC3(CO)CCN(CCSc4ccc(C(F)(F)F)cc4)CC3)c2c1. The molecule has 4 rings (SSSR count). The molecule has 37 heavy (non-hydrogen) atoms. The maximum Gasteiger partial charge on any atom is 0.416 e. The number of rotatable bonds is 10. The van der Waals surface area contributed by atoms with Gasteiger partial charge < -0.3 is 14.7 Å². The number of benzene rings is 2. The number of likely N-dealkylation sites (tertiary alicyclic amines) is 1. The van der Waals surface area contributed by atoms with Crippen LogP contribution in [0.5, 0.6) is 5.75 Å². The average Bonchev–Trinajstić information content (AvgIpc) is 2.90. The van der Waals surface area contributed by atoms with E-state index in [1.807, 2.05) is 18.2 Å². The fraction of sp³-hybridized carbons (Fsp3) is 0.464. The molecule has 1 N–H and O–H groups in total. The third-order valence-electron chi connectivity index (χ3n) is 7.38. The number of fused-ring (bicyclic) bond motifs is 1. The van der Waals surface area contributed by atoms with Crippen molar-refractivity contribution in [3.63, 3.8) is 0 Å². The highest BCUT2D eigenvalue weighted by Gasteiger charge is 2.33. The predicted molar refractivity (Wildman–Crippen MR) is 144 cm³/mol. The van der Waals surface area contributed by atoms with Crippen LogP contribution in [0.25, 0.3) is 10.9 Å². The van der Waals surface area contributed by atoms with E-state index in [1.54, 1.807) is 25.1 Å². The van der Waals surface area contributed by atoms with Gasteiger partial charge in [0.2, 0.25) is 0 Å². The second kappa shape index (κ2) is 12.2. The van der Waals surface area contributed by atoms with E-state index < -0.39 is 11.7 Å². The van der Waals surface area contributed by atoms with Crippen molar-refractivity contribution in [2.45, 2.75) is 43.2 Å². The summed E-state index contributed by atoms with van der Waals surface area (Å²) in [4.78, 5) is 7.65. The molecule has 0 amide bonds. The molecule has 0 unspecified atom stereocenters. The lowest BCUT2D eigenvalue weighted by atomic mass is 9.75. The van der Waals surface area contributed by atoms with Gasteiger partial charge >= 0.3 is 6.18 Å². The summed E-state index contributed by atoms with van der Waals surface area (Å²) in [7, 11) is 1.64. The monoisotopic (exact) mass is 552 g/mol. The molecular formula is C28H32ClF3N2O2S.